The van der Waals surface area contributed by atoms with E-state index < -0.39 is 11.7 Å². The Hall–Kier alpha value is -2.46. The second kappa shape index (κ2) is 7.65. The van der Waals surface area contributed by atoms with Crippen LogP contribution in [0.2, 0.25) is 5.02 Å². The molecule has 0 atom stereocenters. The highest BCUT2D eigenvalue weighted by molar-refractivity contribution is 7.99. The first kappa shape index (κ1) is 19.3. The van der Waals surface area contributed by atoms with E-state index in [2.05, 4.69) is 20.3 Å². The van der Waals surface area contributed by atoms with Crippen LogP contribution in [-0.4, -0.2) is 26.6 Å². The number of fused-ring (bicyclic) bond motifs is 1. The second-order valence-corrected chi connectivity index (χ2v) is 6.99. The van der Waals surface area contributed by atoms with Crippen molar-refractivity contribution in [2.24, 2.45) is 0 Å². The molecule has 0 saturated carbocycles. The summed E-state index contributed by atoms with van der Waals surface area (Å²) in [6.45, 7) is 0. The second-order valence-electron chi connectivity index (χ2n) is 5.49. The van der Waals surface area contributed by atoms with Crippen LogP contribution in [0.15, 0.2) is 40.3 Å². The first-order valence-corrected chi connectivity index (χ1v) is 8.96. The van der Waals surface area contributed by atoms with Crippen LogP contribution < -0.4 is 11.0 Å². The lowest BCUT2D eigenvalue weighted by Gasteiger charge is -2.09. The largest absolute Gasteiger partial charge is 0.417 e. The number of halogens is 4. The summed E-state index contributed by atoms with van der Waals surface area (Å²) in [4.78, 5) is 32.1. The lowest BCUT2D eigenvalue weighted by atomic mass is 10.2. The third kappa shape index (κ3) is 4.83. The zero-order chi connectivity index (χ0) is 19.6. The van der Waals surface area contributed by atoms with Crippen molar-refractivity contribution in [2.45, 2.75) is 17.6 Å². The van der Waals surface area contributed by atoms with E-state index >= 15 is 0 Å². The van der Waals surface area contributed by atoms with Gasteiger partial charge >= 0.3 is 11.9 Å². The van der Waals surface area contributed by atoms with Gasteiger partial charge in [-0.2, -0.15) is 13.2 Å². The molecule has 0 aliphatic heterocycles. The van der Waals surface area contributed by atoms with Crippen LogP contribution in [0.3, 0.4) is 0 Å². The predicted octanol–water partition coefficient (Wildman–Crippen LogP) is 4.04. The molecule has 2 heterocycles. The van der Waals surface area contributed by atoms with Crippen molar-refractivity contribution in [2.75, 3.05) is 11.1 Å². The lowest BCUT2D eigenvalue weighted by molar-refractivity contribution is -0.137. The molecule has 0 aliphatic carbocycles. The third-order valence-corrected chi connectivity index (χ3v) is 4.91. The molecule has 3 N–H and O–H groups in total. The van der Waals surface area contributed by atoms with Gasteiger partial charge in [-0.15, -0.1) is 11.8 Å². The van der Waals surface area contributed by atoms with Crippen molar-refractivity contribution in [3.8, 4) is 0 Å². The lowest BCUT2D eigenvalue weighted by Crippen LogP contribution is -2.12. The van der Waals surface area contributed by atoms with Crippen molar-refractivity contribution >= 4 is 46.0 Å². The van der Waals surface area contributed by atoms with Crippen LogP contribution in [-0.2, 0) is 11.0 Å². The standard InChI is InChI=1S/C16H12ClF3N4O2S/c17-10-5-8(16(18,19)20)7-21-14(10)27-4-3-13(25)22-9-1-2-11-12(6-9)24-15(26)23-11/h1-2,5-7H,3-4H2,(H,22,25)(H2,23,24,26). The maximum absolute atomic E-state index is 12.6. The molecular weight excluding hydrogens is 405 g/mol. The number of carbonyl (C=O) groups excluding carboxylic acids is 1. The summed E-state index contributed by atoms with van der Waals surface area (Å²) in [5.41, 5.74) is 0.432. The van der Waals surface area contributed by atoms with Crippen LogP contribution in [0.4, 0.5) is 18.9 Å². The molecular formula is C16H12ClF3N4O2S. The Bertz CT molecular complexity index is 1050. The van der Waals surface area contributed by atoms with E-state index in [1.807, 2.05) is 0 Å². The number of nitrogens with zero attached hydrogens (tertiary/aromatic N) is 1. The van der Waals surface area contributed by atoms with E-state index in [-0.39, 0.29) is 33.8 Å². The molecule has 0 radical (unpaired) electrons. The molecule has 0 unspecified atom stereocenters. The Labute approximate surface area is 159 Å². The highest BCUT2D eigenvalue weighted by Crippen LogP contribution is 2.33. The number of rotatable bonds is 5. The molecule has 3 aromatic rings. The van der Waals surface area contributed by atoms with Gasteiger partial charge in [-0.05, 0) is 24.3 Å². The van der Waals surface area contributed by atoms with Gasteiger partial charge in [0.2, 0.25) is 5.91 Å². The van der Waals surface area contributed by atoms with Crippen molar-refractivity contribution in [1.29, 1.82) is 0 Å². The van der Waals surface area contributed by atoms with Crippen LogP contribution in [0.5, 0.6) is 0 Å². The van der Waals surface area contributed by atoms with Crippen LogP contribution in [0, 0.1) is 0 Å². The number of thioether (sulfide) groups is 1. The molecule has 6 nitrogen and oxygen atoms in total. The van der Waals surface area contributed by atoms with Crippen LogP contribution in [0.1, 0.15) is 12.0 Å². The summed E-state index contributed by atoms with van der Waals surface area (Å²) in [5.74, 6) is -0.00423. The molecule has 0 spiro atoms. The number of nitrogens with one attached hydrogen (secondary N) is 3. The van der Waals surface area contributed by atoms with E-state index in [1.165, 1.54) is 0 Å². The number of hydrogen-bond donors (Lipinski definition) is 3. The summed E-state index contributed by atoms with van der Waals surface area (Å²) in [5, 5.41) is 2.79. The van der Waals surface area contributed by atoms with Crippen molar-refractivity contribution < 1.29 is 18.0 Å². The molecule has 142 valence electrons. The van der Waals surface area contributed by atoms with Gasteiger partial charge < -0.3 is 15.3 Å². The molecule has 3 rings (SSSR count). The fraction of sp³-hybridized carbons (Fsp3) is 0.188. The number of anilines is 1. The molecule has 0 fully saturated rings. The number of carbonyl (C=O) groups is 1. The molecule has 0 aliphatic rings. The molecule has 11 heteroatoms. The van der Waals surface area contributed by atoms with Gasteiger partial charge in [-0.25, -0.2) is 9.78 Å². The monoisotopic (exact) mass is 416 g/mol. The van der Waals surface area contributed by atoms with E-state index in [4.69, 9.17) is 11.6 Å². The number of hydrogen-bond acceptors (Lipinski definition) is 4. The number of imidazole rings is 1. The van der Waals surface area contributed by atoms with Crippen molar-refractivity contribution in [3.05, 3.63) is 51.5 Å². The number of pyridine rings is 1. The predicted molar refractivity (Wildman–Crippen MR) is 97.1 cm³/mol. The third-order valence-electron chi connectivity index (χ3n) is 3.50. The fourth-order valence-corrected chi connectivity index (χ4v) is 3.40. The van der Waals surface area contributed by atoms with Gasteiger partial charge in [0, 0.05) is 24.1 Å². The summed E-state index contributed by atoms with van der Waals surface area (Å²) in [7, 11) is 0. The highest BCUT2D eigenvalue weighted by atomic mass is 35.5. The average molecular weight is 417 g/mol. The smallest absolute Gasteiger partial charge is 0.326 e. The minimum absolute atomic E-state index is 0.103. The maximum Gasteiger partial charge on any atom is 0.417 e. The first-order valence-electron chi connectivity index (χ1n) is 7.60. The average Bonchev–Trinajstić information content (AvgIpc) is 2.94. The Morgan fingerprint density at radius 3 is 2.67 bits per heavy atom. The van der Waals surface area contributed by atoms with Crippen molar-refractivity contribution in [1.82, 2.24) is 15.0 Å². The maximum atomic E-state index is 12.6. The van der Waals surface area contributed by atoms with E-state index in [0.29, 0.717) is 22.9 Å². The molecule has 2 aromatic heterocycles. The Morgan fingerprint density at radius 2 is 1.96 bits per heavy atom. The number of benzene rings is 1. The minimum atomic E-state index is -4.51. The van der Waals surface area contributed by atoms with Gasteiger partial charge in [0.05, 0.1) is 21.6 Å². The number of aromatic amines is 2. The number of amides is 1. The zero-order valence-electron chi connectivity index (χ0n) is 13.5. The summed E-state index contributed by atoms with van der Waals surface area (Å²) in [6, 6.07) is 5.73. The van der Waals surface area contributed by atoms with Gasteiger partial charge in [0.15, 0.2) is 0 Å². The molecule has 0 saturated heterocycles. The Balaban J connectivity index is 1.55. The molecule has 0 bridgehead atoms. The molecule has 27 heavy (non-hydrogen) atoms. The fourth-order valence-electron chi connectivity index (χ4n) is 2.26. The molecule has 1 aromatic carbocycles. The van der Waals surface area contributed by atoms with Gasteiger partial charge in [0.1, 0.15) is 5.03 Å². The normalized spacial score (nSPS) is 11.7. The van der Waals surface area contributed by atoms with E-state index in [0.717, 1.165) is 17.8 Å². The number of aromatic nitrogens is 3. The zero-order valence-corrected chi connectivity index (χ0v) is 15.1. The topological polar surface area (TPSA) is 90.6 Å². The number of H-pyrrole nitrogens is 2. The van der Waals surface area contributed by atoms with Crippen LogP contribution >= 0.6 is 23.4 Å². The highest BCUT2D eigenvalue weighted by Gasteiger charge is 2.31. The Kier molecular flexibility index (Phi) is 5.47. The minimum Gasteiger partial charge on any atom is -0.326 e. The van der Waals surface area contributed by atoms with Crippen molar-refractivity contribution in [3.63, 3.8) is 0 Å². The van der Waals surface area contributed by atoms with Crippen LogP contribution in [0.25, 0.3) is 11.0 Å². The van der Waals surface area contributed by atoms with Gasteiger partial charge in [0.25, 0.3) is 0 Å². The summed E-state index contributed by atoms with van der Waals surface area (Å²) < 4.78 is 37.8. The molecule has 1 amide bonds. The van der Waals surface area contributed by atoms with Gasteiger partial charge in [-0.1, -0.05) is 11.6 Å². The van der Waals surface area contributed by atoms with E-state index in [9.17, 15) is 22.8 Å². The van der Waals surface area contributed by atoms with E-state index in [1.54, 1.807) is 18.2 Å². The summed E-state index contributed by atoms with van der Waals surface area (Å²) in [6.07, 6.45) is -3.70. The van der Waals surface area contributed by atoms with Gasteiger partial charge in [-0.3, -0.25) is 4.79 Å². The Morgan fingerprint density at radius 1 is 1.22 bits per heavy atom. The SMILES string of the molecule is O=C(CCSc1ncc(C(F)(F)F)cc1Cl)Nc1ccc2[nH]c(=O)[nH]c2c1. The first-order chi connectivity index (χ1) is 12.7. The quantitative estimate of drug-likeness (QED) is 0.547. The number of alkyl halides is 3. The summed E-state index contributed by atoms with van der Waals surface area (Å²) >= 11 is 6.91.